The standard InChI is InChI=1S/C15H23N3O2S.C2HF3O2/c1-9(2)16-15(19)14-6-12-13(20-14)4-5-18(12)7-11-8-21-10(3)17-11;3-2(4,5)1(6)7/h8-9,12-14H,4-7H2,1-3H3,(H,16,19);(H,6,7)/t12-,13-,14-;/m0./s1. The number of alkyl halides is 3. The first-order valence-electron chi connectivity index (χ1n) is 8.88. The van der Waals surface area contributed by atoms with Gasteiger partial charge in [0, 0.05) is 37.0 Å². The average molecular weight is 423 g/mol. The summed E-state index contributed by atoms with van der Waals surface area (Å²) in [5.41, 5.74) is 1.13. The van der Waals surface area contributed by atoms with Gasteiger partial charge in [-0.15, -0.1) is 11.3 Å². The number of fused-ring (bicyclic) bond motifs is 1. The maximum atomic E-state index is 12.1. The van der Waals surface area contributed by atoms with Crippen molar-refractivity contribution in [2.45, 2.75) is 70.6 Å². The molecule has 3 atom stereocenters. The third kappa shape index (κ3) is 6.14. The number of halogens is 3. The Morgan fingerprint density at radius 3 is 2.61 bits per heavy atom. The maximum absolute atomic E-state index is 12.1. The number of hydrogen-bond donors (Lipinski definition) is 2. The van der Waals surface area contributed by atoms with Crippen LogP contribution in [-0.4, -0.2) is 63.9 Å². The Hall–Kier alpha value is -1.72. The Morgan fingerprint density at radius 2 is 2.11 bits per heavy atom. The first kappa shape index (κ1) is 22.6. The van der Waals surface area contributed by atoms with E-state index in [1.807, 2.05) is 20.8 Å². The third-order valence-electron chi connectivity index (χ3n) is 4.39. The predicted octanol–water partition coefficient (Wildman–Crippen LogP) is 2.34. The molecule has 11 heteroatoms. The molecule has 1 aromatic rings. The van der Waals surface area contributed by atoms with Crippen molar-refractivity contribution < 1.29 is 32.6 Å². The Bertz CT molecular complexity index is 695. The van der Waals surface area contributed by atoms with Crippen molar-refractivity contribution in [2.75, 3.05) is 6.54 Å². The number of nitrogens with one attached hydrogen (secondary N) is 1. The Balaban J connectivity index is 0.000000345. The topological polar surface area (TPSA) is 91.8 Å². The molecule has 3 heterocycles. The van der Waals surface area contributed by atoms with E-state index in [1.54, 1.807) is 11.3 Å². The van der Waals surface area contributed by atoms with Gasteiger partial charge in [0.1, 0.15) is 6.10 Å². The lowest BCUT2D eigenvalue weighted by Gasteiger charge is -2.21. The SMILES string of the molecule is Cc1nc(CN2CC[C@@H]3O[C@H](C(=O)NC(C)C)C[C@@H]32)cs1.O=C(O)C(F)(F)F. The highest BCUT2D eigenvalue weighted by molar-refractivity contribution is 7.09. The number of nitrogens with zero attached hydrogens (tertiary/aromatic N) is 2. The Morgan fingerprint density at radius 1 is 1.46 bits per heavy atom. The normalized spacial score (nSPS) is 24.6. The van der Waals surface area contributed by atoms with Crippen LogP contribution in [0.4, 0.5) is 13.2 Å². The average Bonchev–Trinajstić information content (AvgIpc) is 3.24. The minimum Gasteiger partial charge on any atom is -0.475 e. The van der Waals surface area contributed by atoms with Crippen molar-refractivity contribution >= 4 is 23.2 Å². The second kappa shape index (κ2) is 9.19. The van der Waals surface area contributed by atoms with Crippen LogP contribution in [0.3, 0.4) is 0 Å². The lowest BCUT2D eigenvalue weighted by Crippen LogP contribution is -2.39. The molecule has 2 saturated heterocycles. The third-order valence-corrected chi connectivity index (χ3v) is 5.21. The van der Waals surface area contributed by atoms with E-state index in [0.717, 1.165) is 36.6 Å². The molecule has 0 spiro atoms. The number of carbonyl (C=O) groups excluding carboxylic acids is 1. The number of likely N-dealkylation sites (tertiary alicyclic amines) is 1. The van der Waals surface area contributed by atoms with Crippen LogP contribution in [0.15, 0.2) is 5.38 Å². The summed E-state index contributed by atoms with van der Waals surface area (Å²) < 4.78 is 37.7. The van der Waals surface area contributed by atoms with Gasteiger partial charge in [0.05, 0.1) is 16.8 Å². The van der Waals surface area contributed by atoms with E-state index in [0.29, 0.717) is 6.04 Å². The first-order valence-corrected chi connectivity index (χ1v) is 9.76. The number of aryl methyl sites for hydroxylation is 1. The fourth-order valence-electron chi connectivity index (χ4n) is 3.26. The summed E-state index contributed by atoms with van der Waals surface area (Å²) in [6, 6.07) is 0.519. The number of rotatable bonds is 4. The minimum absolute atomic E-state index is 0.0313. The Labute approximate surface area is 164 Å². The zero-order valence-electron chi connectivity index (χ0n) is 15.8. The molecule has 3 rings (SSSR count). The number of aromatic nitrogens is 1. The fraction of sp³-hybridized carbons (Fsp3) is 0.706. The molecule has 2 fully saturated rings. The van der Waals surface area contributed by atoms with Gasteiger partial charge in [-0.25, -0.2) is 9.78 Å². The number of hydrogen-bond acceptors (Lipinski definition) is 6. The second-order valence-electron chi connectivity index (χ2n) is 7.05. The first-order chi connectivity index (χ1) is 13.0. The summed E-state index contributed by atoms with van der Waals surface area (Å²) >= 11 is 1.69. The van der Waals surface area contributed by atoms with Gasteiger partial charge in [-0.1, -0.05) is 0 Å². The van der Waals surface area contributed by atoms with Gasteiger partial charge in [-0.05, 0) is 27.2 Å². The maximum Gasteiger partial charge on any atom is 0.490 e. The van der Waals surface area contributed by atoms with Gasteiger partial charge in [0.25, 0.3) is 0 Å². The highest BCUT2D eigenvalue weighted by atomic mass is 32.1. The van der Waals surface area contributed by atoms with E-state index >= 15 is 0 Å². The molecular weight excluding hydrogens is 399 g/mol. The van der Waals surface area contributed by atoms with E-state index in [-0.39, 0.29) is 24.2 Å². The van der Waals surface area contributed by atoms with Crippen LogP contribution in [0.1, 0.15) is 37.4 Å². The number of aliphatic carboxylic acids is 1. The van der Waals surface area contributed by atoms with Crippen molar-refractivity contribution in [3.05, 3.63) is 16.1 Å². The molecule has 0 aromatic carbocycles. The number of carboxylic acids is 1. The zero-order chi connectivity index (χ0) is 21.1. The van der Waals surface area contributed by atoms with E-state index < -0.39 is 12.1 Å². The van der Waals surface area contributed by atoms with Gasteiger partial charge in [0.2, 0.25) is 5.91 Å². The van der Waals surface area contributed by atoms with Crippen LogP contribution in [-0.2, 0) is 20.9 Å². The number of amides is 1. The van der Waals surface area contributed by atoms with Crippen LogP contribution in [0.5, 0.6) is 0 Å². The lowest BCUT2D eigenvalue weighted by atomic mass is 10.1. The molecule has 2 N–H and O–H groups in total. The molecule has 2 aliphatic rings. The van der Waals surface area contributed by atoms with Crippen molar-refractivity contribution in [3.8, 4) is 0 Å². The van der Waals surface area contributed by atoms with Gasteiger partial charge < -0.3 is 15.2 Å². The van der Waals surface area contributed by atoms with Crippen LogP contribution in [0.2, 0.25) is 0 Å². The summed E-state index contributed by atoms with van der Waals surface area (Å²) in [5, 5.41) is 13.3. The van der Waals surface area contributed by atoms with Crippen molar-refractivity contribution in [3.63, 3.8) is 0 Å². The van der Waals surface area contributed by atoms with Crippen LogP contribution in [0, 0.1) is 6.92 Å². The van der Waals surface area contributed by atoms with Gasteiger partial charge in [-0.3, -0.25) is 9.69 Å². The molecule has 0 unspecified atom stereocenters. The molecule has 1 aromatic heterocycles. The summed E-state index contributed by atoms with van der Waals surface area (Å²) in [7, 11) is 0. The fourth-order valence-corrected chi connectivity index (χ4v) is 3.87. The molecule has 0 saturated carbocycles. The van der Waals surface area contributed by atoms with Gasteiger partial charge in [-0.2, -0.15) is 13.2 Å². The Kier molecular flexibility index (Phi) is 7.40. The zero-order valence-corrected chi connectivity index (χ0v) is 16.6. The van der Waals surface area contributed by atoms with E-state index in [4.69, 9.17) is 14.6 Å². The molecule has 0 bridgehead atoms. The van der Waals surface area contributed by atoms with E-state index in [9.17, 15) is 18.0 Å². The number of thiazole rings is 1. The monoisotopic (exact) mass is 423 g/mol. The highest BCUT2D eigenvalue weighted by Crippen LogP contribution is 2.34. The number of ether oxygens (including phenoxy) is 1. The van der Waals surface area contributed by atoms with Crippen LogP contribution >= 0.6 is 11.3 Å². The lowest BCUT2D eigenvalue weighted by molar-refractivity contribution is -0.192. The molecule has 7 nitrogen and oxygen atoms in total. The molecule has 2 aliphatic heterocycles. The molecule has 0 aliphatic carbocycles. The minimum atomic E-state index is -5.08. The second-order valence-corrected chi connectivity index (χ2v) is 8.11. The van der Waals surface area contributed by atoms with Gasteiger partial charge >= 0.3 is 12.1 Å². The molecule has 1 amide bonds. The number of carboxylic acid groups (broad SMARTS) is 1. The summed E-state index contributed by atoms with van der Waals surface area (Å²) in [6.07, 6.45) is -3.36. The summed E-state index contributed by atoms with van der Waals surface area (Å²) in [5.74, 6) is -2.73. The van der Waals surface area contributed by atoms with Crippen LogP contribution < -0.4 is 5.32 Å². The molecule has 158 valence electrons. The summed E-state index contributed by atoms with van der Waals surface area (Å²) in [4.78, 5) is 27.9. The largest absolute Gasteiger partial charge is 0.490 e. The van der Waals surface area contributed by atoms with Crippen molar-refractivity contribution in [2.24, 2.45) is 0 Å². The molecule has 0 radical (unpaired) electrons. The smallest absolute Gasteiger partial charge is 0.475 e. The van der Waals surface area contributed by atoms with Gasteiger partial charge in [0.15, 0.2) is 0 Å². The molecule has 28 heavy (non-hydrogen) atoms. The van der Waals surface area contributed by atoms with Crippen molar-refractivity contribution in [1.29, 1.82) is 0 Å². The van der Waals surface area contributed by atoms with E-state index in [2.05, 4.69) is 20.6 Å². The molecular formula is C17H24F3N3O4S. The predicted molar refractivity (Wildman–Crippen MR) is 95.9 cm³/mol. The quantitative estimate of drug-likeness (QED) is 0.773. The van der Waals surface area contributed by atoms with Crippen LogP contribution in [0.25, 0.3) is 0 Å². The summed E-state index contributed by atoms with van der Waals surface area (Å²) in [6.45, 7) is 7.89. The van der Waals surface area contributed by atoms with Crippen molar-refractivity contribution in [1.82, 2.24) is 15.2 Å². The number of carbonyl (C=O) groups is 2. The highest BCUT2D eigenvalue weighted by Gasteiger charge is 2.45. The van der Waals surface area contributed by atoms with E-state index in [1.165, 1.54) is 0 Å².